The molecule has 0 bridgehead atoms. The first-order valence-corrected chi connectivity index (χ1v) is 17.5. The third-order valence-corrected chi connectivity index (χ3v) is 11.0. The molecule has 0 radical (unpaired) electrons. The number of phenolic OH excluding ortho intramolecular Hbond substituents is 1. The zero-order chi connectivity index (χ0) is 34.5. The lowest BCUT2D eigenvalue weighted by Crippen LogP contribution is -2.61. The van der Waals surface area contributed by atoms with Gasteiger partial charge < -0.3 is 25.1 Å². The first-order valence-electron chi connectivity index (χ1n) is 17.5. The number of para-hydroxylation sites is 1. The van der Waals surface area contributed by atoms with Crippen LogP contribution in [0.25, 0.3) is 11.3 Å². The third-order valence-electron chi connectivity index (χ3n) is 11.0. The van der Waals surface area contributed by atoms with Crippen molar-refractivity contribution in [1.29, 1.82) is 0 Å². The zero-order valence-corrected chi connectivity index (χ0v) is 27.7. The zero-order valence-electron chi connectivity index (χ0n) is 27.7. The Morgan fingerprint density at radius 3 is 2.34 bits per heavy atom. The number of piperidine rings is 2. The number of phenols is 1. The van der Waals surface area contributed by atoms with Crippen LogP contribution in [0.15, 0.2) is 42.5 Å². The summed E-state index contributed by atoms with van der Waals surface area (Å²) >= 11 is 0. The summed E-state index contributed by atoms with van der Waals surface area (Å²) in [5.74, 6) is -2.39. The lowest BCUT2D eigenvalue weighted by atomic mass is 9.98. The van der Waals surface area contributed by atoms with Gasteiger partial charge >= 0.3 is 0 Å². The van der Waals surface area contributed by atoms with Gasteiger partial charge in [-0.3, -0.25) is 19.3 Å². The number of fused-ring (bicyclic) bond motifs is 3. The molecule has 2 atom stereocenters. The minimum absolute atomic E-state index is 0.0722. The van der Waals surface area contributed by atoms with Gasteiger partial charge in [-0.1, -0.05) is 12.1 Å². The number of amides is 3. The molecule has 0 unspecified atom stereocenters. The molecule has 0 saturated carbocycles. The maximum atomic E-state index is 15.2. The number of carbonyl (C=O) groups is 3. The highest BCUT2D eigenvalue weighted by molar-refractivity contribution is 6.16. The molecule has 3 amide bonds. The fraction of sp³-hybridized carbons (Fsp3) is 0.472. The Bertz CT molecular complexity index is 1800. The number of benzene rings is 2. The van der Waals surface area contributed by atoms with Gasteiger partial charge in [0.05, 0.1) is 23.3 Å². The lowest BCUT2D eigenvalue weighted by Gasteiger charge is -2.49. The predicted molar refractivity (Wildman–Crippen MR) is 183 cm³/mol. The number of hydrogen-bond donors (Lipinski definition) is 2. The topological polar surface area (TPSA) is 125 Å². The summed E-state index contributed by atoms with van der Waals surface area (Å²) in [5, 5.41) is 22.6. The van der Waals surface area contributed by atoms with Crippen molar-refractivity contribution < 1.29 is 28.3 Å². The molecule has 14 heteroatoms. The van der Waals surface area contributed by atoms with Gasteiger partial charge in [-0.2, -0.15) is 0 Å². The standard InChI is InChI=1S/C36H40F2N8O4/c37-27-16-24(17-28(38)34(27)46-32(48)6-3-7-33(46)49)43-11-8-22(20-43)36(50)42-12-9-23(10-13-42)44-14-15-45-25(21-44)19-39-35-30(45)18-29(40-41-35)26-4-1-2-5-31(26)47/h1-2,4-5,16-18,22-23,25,47H,3,6-15,19-21H2,(H,39,41)/t22-,25+/m1/s1. The minimum Gasteiger partial charge on any atom is -0.507 e. The lowest BCUT2D eigenvalue weighted by molar-refractivity contribution is -0.136. The van der Waals surface area contributed by atoms with Crippen LogP contribution in [-0.4, -0.2) is 107 Å². The maximum Gasteiger partial charge on any atom is 0.233 e. The molecule has 5 aliphatic heterocycles. The van der Waals surface area contributed by atoms with E-state index in [9.17, 15) is 19.5 Å². The highest BCUT2D eigenvalue weighted by Gasteiger charge is 2.39. The number of aromatic nitrogens is 2. The fourth-order valence-electron chi connectivity index (χ4n) is 8.32. The number of anilines is 4. The molecule has 2 N–H and O–H groups in total. The van der Waals surface area contributed by atoms with Gasteiger partial charge in [0, 0.05) is 82.5 Å². The Kier molecular flexibility index (Phi) is 8.49. The van der Waals surface area contributed by atoms with Gasteiger partial charge in [0.15, 0.2) is 17.5 Å². The van der Waals surface area contributed by atoms with Crippen LogP contribution in [0.4, 0.5) is 31.7 Å². The number of nitrogens with one attached hydrogen (secondary N) is 1. The molecule has 4 saturated heterocycles. The molecular formula is C36H40F2N8O4. The van der Waals surface area contributed by atoms with E-state index in [-0.39, 0.29) is 36.5 Å². The van der Waals surface area contributed by atoms with E-state index in [0.29, 0.717) is 66.9 Å². The quantitative estimate of drug-likeness (QED) is 0.385. The Balaban J connectivity index is 0.858. The van der Waals surface area contributed by atoms with Crippen molar-refractivity contribution in [2.45, 2.75) is 50.6 Å². The molecular weight excluding hydrogens is 646 g/mol. The van der Waals surface area contributed by atoms with E-state index in [0.717, 1.165) is 62.7 Å². The van der Waals surface area contributed by atoms with Gasteiger partial charge in [0.25, 0.3) is 0 Å². The van der Waals surface area contributed by atoms with Crippen molar-refractivity contribution in [3.8, 4) is 17.0 Å². The van der Waals surface area contributed by atoms with E-state index in [1.54, 1.807) is 17.0 Å². The summed E-state index contributed by atoms with van der Waals surface area (Å²) in [4.78, 5) is 47.5. The van der Waals surface area contributed by atoms with E-state index < -0.39 is 29.1 Å². The Morgan fingerprint density at radius 2 is 1.60 bits per heavy atom. The van der Waals surface area contributed by atoms with E-state index in [1.165, 1.54) is 0 Å². The molecule has 8 rings (SSSR count). The van der Waals surface area contributed by atoms with Crippen molar-refractivity contribution in [2.24, 2.45) is 5.92 Å². The second kappa shape index (κ2) is 13.1. The molecule has 6 heterocycles. The fourth-order valence-corrected chi connectivity index (χ4v) is 8.32. The molecule has 2 aromatic carbocycles. The molecule has 1 aromatic heterocycles. The summed E-state index contributed by atoms with van der Waals surface area (Å²) in [6, 6.07) is 12.1. The van der Waals surface area contributed by atoms with E-state index in [1.807, 2.05) is 23.1 Å². The molecule has 0 aliphatic carbocycles. The molecule has 4 fully saturated rings. The number of likely N-dealkylation sites (tertiary alicyclic amines) is 1. The second-order valence-electron chi connectivity index (χ2n) is 13.9. The van der Waals surface area contributed by atoms with Crippen LogP contribution >= 0.6 is 0 Å². The highest BCUT2D eigenvalue weighted by Crippen LogP contribution is 2.37. The van der Waals surface area contributed by atoms with Crippen molar-refractivity contribution in [1.82, 2.24) is 20.0 Å². The van der Waals surface area contributed by atoms with Gasteiger partial charge in [-0.25, -0.2) is 13.7 Å². The van der Waals surface area contributed by atoms with Gasteiger partial charge in [0.1, 0.15) is 11.4 Å². The van der Waals surface area contributed by atoms with Gasteiger partial charge in [0.2, 0.25) is 17.7 Å². The summed E-state index contributed by atoms with van der Waals surface area (Å²) < 4.78 is 30.3. The molecule has 50 heavy (non-hydrogen) atoms. The normalized spacial score (nSPS) is 23.2. The average Bonchev–Trinajstić information content (AvgIpc) is 3.63. The number of nitrogens with zero attached hydrogens (tertiary/aromatic N) is 7. The molecule has 0 spiro atoms. The van der Waals surface area contributed by atoms with Crippen molar-refractivity contribution in [3.63, 3.8) is 0 Å². The third kappa shape index (κ3) is 5.88. The first-order chi connectivity index (χ1) is 24.2. The number of aromatic hydroxyl groups is 1. The number of carbonyl (C=O) groups excluding carboxylic acids is 3. The molecule has 12 nitrogen and oxygen atoms in total. The molecule has 262 valence electrons. The van der Waals surface area contributed by atoms with Crippen molar-refractivity contribution in [2.75, 3.05) is 72.4 Å². The number of piperazine rings is 1. The van der Waals surface area contributed by atoms with E-state index >= 15 is 8.78 Å². The molecule has 3 aromatic rings. The maximum absolute atomic E-state index is 15.2. The smallest absolute Gasteiger partial charge is 0.233 e. The number of halogens is 2. The minimum atomic E-state index is -0.958. The van der Waals surface area contributed by atoms with Crippen LogP contribution < -0.4 is 20.0 Å². The van der Waals surface area contributed by atoms with Crippen LogP contribution in [0.1, 0.15) is 38.5 Å². The summed E-state index contributed by atoms with van der Waals surface area (Å²) in [5.41, 5.74) is 1.97. The van der Waals surface area contributed by atoms with Crippen LogP contribution in [0.2, 0.25) is 0 Å². The summed E-state index contributed by atoms with van der Waals surface area (Å²) in [7, 11) is 0. The predicted octanol–water partition coefficient (Wildman–Crippen LogP) is 3.60. The second-order valence-corrected chi connectivity index (χ2v) is 13.9. The van der Waals surface area contributed by atoms with Crippen LogP contribution in [-0.2, 0) is 14.4 Å². The van der Waals surface area contributed by atoms with Crippen molar-refractivity contribution >= 4 is 40.6 Å². The van der Waals surface area contributed by atoms with Crippen LogP contribution in [0.3, 0.4) is 0 Å². The largest absolute Gasteiger partial charge is 0.507 e. The Morgan fingerprint density at radius 1 is 0.860 bits per heavy atom. The monoisotopic (exact) mass is 686 g/mol. The Labute approximate surface area is 288 Å². The van der Waals surface area contributed by atoms with Crippen molar-refractivity contribution in [3.05, 3.63) is 54.1 Å². The number of hydrogen-bond acceptors (Lipinski definition) is 10. The summed E-state index contributed by atoms with van der Waals surface area (Å²) in [6.45, 7) is 5.56. The SMILES string of the molecule is O=C([C@@H]1CCN(c2cc(F)c(N3C(=O)CCCC3=O)c(F)c2)C1)N1CCC(N2CCN3c4cc(-c5ccccc5O)nnc4NC[C@H]3C2)CC1. The van der Waals surface area contributed by atoms with Gasteiger partial charge in [-0.05, 0) is 56.0 Å². The molecule has 5 aliphatic rings. The van der Waals surface area contributed by atoms with E-state index in [2.05, 4.69) is 25.3 Å². The highest BCUT2D eigenvalue weighted by atomic mass is 19.1. The average molecular weight is 687 g/mol. The number of imide groups is 1. The first kappa shape index (κ1) is 32.4. The summed E-state index contributed by atoms with van der Waals surface area (Å²) in [6.07, 6.45) is 2.87. The van der Waals surface area contributed by atoms with Crippen LogP contribution in [0.5, 0.6) is 5.75 Å². The van der Waals surface area contributed by atoms with E-state index in [4.69, 9.17) is 0 Å². The van der Waals surface area contributed by atoms with Gasteiger partial charge in [-0.15, -0.1) is 10.2 Å². The number of rotatable bonds is 5. The Hall–Kier alpha value is -4.85. The van der Waals surface area contributed by atoms with Crippen LogP contribution in [0, 0.1) is 17.6 Å².